The molecule has 0 bridgehead atoms. The van der Waals surface area contributed by atoms with Crippen LogP contribution < -0.4 is 5.32 Å². The zero-order chi connectivity index (χ0) is 17.2. The summed E-state index contributed by atoms with van der Waals surface area (Å²) in [4.78, 5) is 16.8. The Morgan fingerprint density at radius 2 is 1.96 bits per heavy atom. The molecular formula is C19H28ClN3O. The minimum Gasteiger partial charge on any atom is -0.340 e. The first-order valence-corrected chi connectivity index (χ1v) is 9.28. The van der Waals surface area contributed by atoms with E-state index in [1.807, 2.05) is 18.2 Å². The van der Waals surface area contributed by atoms with Crippen LogP contribution in [0.2, 0.25) is 5.02 Å². The Morgan fingerprint density at radius 1 is 1.25 bits per heavy atom. The topological polar surface area (TPSA) is 35.6 Å². The summed E-state index contributed by atoms with van der Waals surface area (Å²) < 4.78 is 0. The number of nitrogens with one attached hydrogen (secondary N) is 1. The Balaban J connectivity index is 1.78. The Bertz CT molecular complexity index is 584. The first kappa shape index (κ1) is 17.7. The van der Waals surface area contributed by atoms with Gasteiger partial charge in [-0.05, 0) is 63.5 Å². The van der Waals surface area contributed by atoms with E-state index in [0.717, 1.165) is 36.6 Å². The lowest BCUT2D eigenvalue weighted by atomic mass is 9.72. The number of hydrogen-bond donors (Lipinski definition) is 1. The predicted octanol–water partition coefficient (Wildman–Crippen LogP) is 2.93. The maximum atomic E-state index is 12.6. The molecular weight excluding hydrogens is 322 g/mol. The molecule has 0 aliphatic carbocycles. The minimum absolute atomic E-state index is 0.125. The monoisotopic (exact) mass is 349 g/mol. The van der Waals surface area contributed by atoms with Gasteiger partial charge in [0.1, 0.15) is 0 Å². The van der Waals surface area contributed by atoms with Crippen LogP contribution in [0.1, 0.15) is 37.3 Å². The summed E-state index contributed by atoms with van der Waals surface area (Å²) >= 11 is 6.42. The highest BCUT2D eigenvalue weighted by Gasteiger charge is 2.40. The van der Waals surface area contributed by atoms with Crippen LogP contribution in [-0.2, 0) is 4.79 Å². The van der Waals surface area contributed by atoms with E-state index in [1.54, 1.807) is 0 Å². The summed E-state index contributed by atoms with van der Waals surface area (Å²) in [5.41, 5.74) is 1.41. The Hall–Kier alpha value is -1.10. The van der Waals surface area contributed by atoms with Gasteiger partial charge in [-0.1, -0.05) is 29.8 Å². The Labute approximate surface area is 150 Å². The molecule has 2 aliphatic heterocycles. The fourth-order valence-electron chi connectivity index (χ4n) is 4.13. The lowest BCUT2D eigenvalue weighted by molar-refractivity contribution is -0.139. The van der Waals surface area contributed by atoms with Gasteiger partial charge in [0.05, 0.1) is 6.04 Å². The lowest BCUT2D eigenvalue weighted by Gasteiger charge is -2.46. The number of likely N-dealkylation sites (tertiary alicyclic amines) is 1. The summed E-state index contributed by atoms with van der Waals surface area (Å²) in [7, 11) is 4.12. The van der Waals surface area contributed by atoms with Crippen LogP contribution in [0.25, 0.3) is 0 Å². The van der Waals surface area contributed by atoms with Crippen molar-refractivity contribution < 1.29 is 4.79 Å². The summed E-state index contributed by atoms with van der Waals surface area (Å²) in [6, 6.07) is 8.10. The molecule has 132 valence electrons. The van der Waals surface area contributed by atoms with Crippen molar-refractivity contribution in [3.8, 4) is 0 Å². The van der Waals surface area contributed by atoms with Gasteiger partial charge in [-0.25, -0.2) is 0 Å². The van der Waals surface area contributed by atoms with Gasteiger partial charge in [-0.2, -0.15) is 0 Å². The molecule has 1 aromatic rings. The van der Waals surface area contributed by atoms with Gasteiger partial charge in [-0.15, -0.1) is 0 Å². The summed E-state index contributed by atoms with van der Waals surface area (Å²) in [5.74, 6) is 0.290. The minimum atomic E-state index is 0.125. The highest BCUT2D eigenvalue weighted by Crippen LogP contribution is 2.39. The van der Waals surface area contributed by atoms with Gasteiger partial charge in [0.25, 0.3) is 0 Å². The van der Waals surface area contributed by atoms with Crippen molar-refractivity contribution in [2.75, 3.05) is 40.3 Å². The van der Waals surface area contributed by atoms with Crippen LogP contribution in [0.5, 0.6) is 0 Å². The van der Waals surface area contributed by atoms with Gasteiger partial charge < -0.3 is 15.1 Å². The maximum absolute atomic E-state index is 12.6. The molecule has 0 radical (unpaired) electrons. The van der Waals surface area contributed by atoms with Gasteiger partial charge in [0.2, 0.25) is 5.91 Å². The van der Waals surface area contributed by atoms with Crippen molar-refractivity contribution in [1.29, 1.82) is 0 Å². The molecule has 1 amide bonds. The second kappa shape index (κ2) is 7.42. The van der Waals surface area contributed by atoms with Crippen LogP contribution in [0, 0.1) is 5.41 Å². The first-order valence-electron chi connectivity index (χ1n) is 8.90. The number of benzene rings is 1. The molecule has 1 atom stereocenters. The molecule has 0 unspecified atom stereocenters. The number of carbonyl (C=O) groups is 1. The van der Waals surface area contributed by atoms with E-state index in [9.17, 15) is 4.79 Å². The number of halogens is 1. The zero-order valence-electron chi connectivity index (χ0n) is 14.7. The highest BCUT2D eigenvalue weighted by molar-refractivity contribution is 6.31. The third-order valence-corrected chi connectivity index (χ3v) is 6.04. The normalized spacial score (nSPS) is 22.2. The molecule has 2 saturated heterocycles. The molecule has 1 aromatic carbocycles. The van der Waals surface area contributed by atoms with Crippen LogP contribution in [0.4, 0.5) is 0 Å². The van der Waals surface area contributed by atoms with Crippen molar-refractivity contribution in [1.82, 2.24) is 15.1 Å². The van der Waals surface area contributed by atoms with Crippen molar-refractivity contribution in [3.05, 3.63) is 34.9 Å². The van der Waals surface area contributed by atoms with Gasteiger partial charge in [0, 0.05) is 24.5 Å². The number of hydrogen-bond acceptors (Lipinski definition) is 3. The molecule has 2 fully saturated rings. The fourth-order valence-corrected chi connectivity index (χ4v) is 4.39. The number of rotatable bonds is 4. The number of likely N-dealkylation sites (N-methyl/N-ethyl adjacent to an activating group) is 1. The van der Waals surface area contributed by atoms with Crippen LogP contribution in [-0.4, -0.2) is 56.0 Å². The molecule has 2 aliphatic rings. The van der Waals surface area contributed by atoms with Crippen molar-refractivity contribution in [2.45, 2.75) is 31.7 Å². The Morgan fingerprint density at radius 3 is 2.62 bits per heavy atom. The highest BCUT2D eigenvalue weighted by atomic mass is 35.5. The van der Waals surface area contributed by atoms with Crippen LogP contribution in [0.15, 0.2) is 24.3 Å². The van der Waals surface area contributed by atoms with Gasteiger partial charge in [0.15, 0.2) is 0 Å². The largest absolute Gasteiger partial charge is 0.340 e. The van der Waals surface area contributed by atoms with Gasteiger partial charge in [-0.3, -0.25) is 4.79 Å². The molecule has 24 heavy (non-hydrogen) atoms. The quantitative estimate of drug-likeness (QED) is 0.907. The third-order valence-electron chi connectivity index (χ3n) is 5.69. The number of piperidine rings is 2. The number of nitrogens with zero attached hydrogens (tertiary/aromatic N) is 2. The maximum Gasteiger partial charge on any atom is 0.222 e. The molecule has 1 spiro atoms. The van der Waals surface area contributed by atoms with E-state index in [4.69, 9.17) is 11.6 Å². The average Bonchev–Trinajstić information content (AvgIpc) is 2.57. The molecule has 0 aromatic heterocycles. The molecule has 3 rings (SSSR count). The van der Waals surface area contributed by atoms with E-state index < -0.39 is 0 Å². The van der Waals surface area contributed by atoms with E-state index in [2.05, 4.69) is 35.3 Å². The molecule has 2 heterocycles. The van der Waals surface area contributed by atoms with E-state index >= 15 is 0 Å². The van der Waals surface area contributed by atoms with Crippen LogP contribution >= 0.6 is 11.6 Å². The molecule has 4 nitrogen and oxygen atoms in total. The summed E-state index contributed by atoms with van der Waals surface area (Å²) in [5, 5.41) is 4.22. The fraction of sp³-hybridized carbons (Fsp3) is 0.632. The lowest BCUT2D eigenvalue weighted by Crippen LogP contribution is -2.52. The number of carbonyl (C=O) groups excluding carboxylic acids is 1. The molecule has 1 N–H and O–H groups in total. The van der Waals surface area contributed by atoms with E-state index in [1.165, 1.54) is 12.8 Å². The second-order valence-electron chi connectivity index (χ2n) is 7.53. The average molecular weight is 350 g/mol. The van der Waals surface area contributed by atoms with E-state index in [-0.39, 0.29) is 11.9 Å². The third kappa shape index (κ3) is 3.76. The van der Waals surface area contributed by atoms with Gasteiger partial charge >= 0.3 is 0 Å². The standard InChI is InChI=1S/C19H28ClN3O/c1-22(2)17(15-5-3-4-6-16(15)20)13-23-14-19(8-7-18(23)24)9-11-21-12-10-19/h3-6,17,21H,7-14H2,1-2H3/t17-/m0/s1. The smallest absolute Gasteiger partial charge is 0.222 e. The zero-order valence-corrected chi connectivity index (χ0v) is 15.5. The van der Waals surface area contributed by atoms with Crippen molar-refractivity contribution in [2.24, 2.45) is 5.41 Å². The SMILES string of the molecule is CN(C)[C@@H](CN1CC2(CCNCC2)CCC1=O)c1ccccc1Cl. The predicted molar refractivity (Wildman–Crippen MR) is 98.2 cm³/mol. The summed E-state index contributed by atoms with van der Waals surface area (Å²) in [6.45, 7) is 3.75. The second-order valence-corrected chi connectivity index (χ2v) is 7.93. The molecule has 0 saturated carbocycles. The molecule has 5 heteroatoms. The van der Waals surface area contributed by atoms with Crippen molar-refractivity contribution in [3.63, 3.8) is 0 Å². The first-order chi connectivity index (χ1) is 11.5. The van der Waals surface area contributed by atoms with Crippen molar-refractivity contribution >= 4 is 17.5 Å². The summed E-state index contributed by atoms with van der Waals surface area (Å²) in [6.07, 6.45) is 4.08. The van der Waals surface area contributed by atoms with Crippen LogP contribution in [0.3, 0.4) is 0 Å². The Kier molecular flexibility index (Phi) is 5.48. The number of amides is 1. The van der Waals surface area contributed by atoms with E-state index in [0.29, 0.717) is 18.4 Å².